The van der Waals surface area contributed by atoms with Crippen molar-refractivity contribution in [1.82, 2.24) is 24.1 Å². The van der Waals surface area contributed by atoms with Gasteiger partial charge in [-0.2, -0.15) is 5.10 Å². The van der Waals surface area contributed by atoms with Crippen molar-refractivity contribution in [2.24, 2.45) is 7.05 Å². The number of nitrogens with one attached hydrogen (secondary N) is 1. The molecular weight excluding hydrogens is 522 g/mol. The maximum atomic E-state index is 13.5. The number of anilines is 2. The quantitative estimate of drug-likeness (QED) is 0.356. The molecule has 0 aliphatic carbocycles. The highest BCUT2D eigenvalue weighted by molar-refractivity contribution is 6.14. The number of aliphatic hydroxyl groups excluding tert-OH is 1. The second kappa shape index (κ2) is 11.0. The number of aliphatic hydroxyl groups is 1. The Hall–Kier alpha value is -4.12. The molecule has 41 heavy (non-hydrogen) atoms. The highest BCUT2D eigenvalue weighted by Gasteiger charge is 2.31. The molecule has 1 saturated heterocycles. The number of imidazole rings is 1. The van der Waals surface area contributed by atoms with Gasteiger partial charge in [-0.05, 0) is 65.7 Å². The Kier molecular flexibility index (Phi) is 7.65. The lowest BCUT2D eigenvalue weighted by Gasteiger charge is -2.39. The van der Waals surface area contributed by atoms with Crippen LogP contribution in [0.4, 0.5) is 16.2 Å². The second-order valence-corrected chi connectivity index (χ2v) is 11.7. The molecule has 11 nitrogen and oxygen atoms in total. The van der Waals surface area contributed by atoms with Gasteiger partial charge in [-0.3, -0.25) is 9.48 Å². The monoisotopic (exact) mass is 561 g/mol. The molecule has 2 N–H and O–H groups in total. The van der Waals surface area contributed by atoms with Crippen LogP contribution in [0.2, 0.25) is 0 Å². The van der Waals surface area contributed by atoms with E-state index in [1.165, 1.54) is 0 Å². The number of benzene rings is 1. The molecule has 1 aromatic carbocycles. The van der Waals surface area contributed by atoms with Gasteiger partial charge < -0.3 is 29.4 Å². The number of pyridine rings is 1. The molecule has 2 amide bonds. The van der Waals surface area contributed by atoms with Crippen molar-refractivity contribution in [2.75, 3.05) is 29.9 Å². The van der Waals surface area contributed by atoms with Crippen molar-refractivity contribution in [3.63, 3.8) is 0 Å². The number of piperidine rings is 1. The lowest BCUT2D eigenvalue weighted by molar-refractivity contribution is 0.0149. The van der Waals surface area contributed by atoms with Gasteiger partial charge in [-0.1, -0.05) is 0 Å². The molecule has 0 atom stereocenters. The number of carbonyl (C=O) groups is 2. The SMILES string of the molecule is CCN(C(=O)OC(C)(C)C)C1CCN(c2ccc(C(=O)Nc3cc(CO)c4nc(C)cn4c3)c3nn(C)cc23)CC1. The number of nitrogens with zero attached hydrogens (tertiary/aromatic N) is 6. The summed E-state index contributed by atoms with van der Waals surface area (Å²) in [7, 11) is 1.85. The summed E-state index contributed by atoms with van der Waals surface area (Å²) in [6.45, 7) is 11.5. The summed E-state index contributed by atoms with van der Waals surface area (Å²) in [4.78, 5) is 34.8. The smallest absolute Gasteiger partial charge is 0.410 e. The molecule has 5 rings (SSSR count). The van der Waals surface area contributed by atoms with Crippen molar-refractivity contribution in [3.05, 3.63) is 53.6 Å². The Morgan fingerprint density at radius 3 is 2.56 bits per heavy atom. The van der Waals surface area contributed by atoms with Gasteiger partial charge in [0.15, 0.2) is 0 Å². The van der Waals surface area contributed by atoms with Gasteiger partial charge in [0.2, 0.25) is 0 Å². The molecular formula is C30H39N7O4. The van der Waals surface area contributed by atoms with E-state index in [0.29, 0.717) is 34.5 Å². The van der Waals surface area contributed by atoms with E-state index in [2.05, 4.69) is 20.3 Å². The molecule has 4 aromatic rings. The first-order chi connectivity index (χ1) is 19.5. The lowest BCUT2D eigenvalue weighted by Crippen LogP contribution is -2.48. The molecule has 11 heteroatoms. The molecule has 218 valence electrons. The first-order valence-corrected chi connectivity index (χ1v) is 14.1. The number of ether oxygens (including phenoxy) is 1. The largest absolute Gasteiger partial charge is 0.444 e. The van der Waals surface area contributed by atoms with E-state index >= 15 is 0 Å². The van der Waals surface area contributed by atoms with Crippen LogP contribution in [0.3, 0.4) is 0 Å². The van der Waals surface area contributed by atoms with Crippen LogP contribution in [-0.4, -0.2) is 72.4 Å². The second-order valence-electron chi connectivity index (χ2n) is 11.7. The van der Waals surface area contributed by atoms with Gasteiger partial charge in [-0.15, -0.1) is 0 Å². The Bertz CT molecular complexity index is 1590. The molecule has 0 spiro atoms. The summed E-state index contributed by atoms with van der Waals surface area (Å²) in [5, 5.41) is 18.4. The highest BCUT2D eigenvalue weighted by atomic mass is 16.6. The zero-order valence-corrected chi connectivity index (χ0v) is 24.6. The van der Waals surface area contributed by atoms with Gasteiger partial charge in [-0.25, -0.2) is 9.78 Å². The van der Waals surface area contributed by atoms with Crippen LogP contribution < -0.4 is 10.2 Å². The lowest BCUT2D eigenvalue weighted by atomic mass is 10.0. The first-order valence-electron chi connectivity index (χ1n) is 14.1. The third kappa shape index (κ3) is 5.85. The number of hydrogen-bond donors (Lipinski definition) is 2. The summed E-state index contributed by atoms with van der Waals surface area (Å²) >= 11 is 0. The average molecular weight is 562 g/mol. The number of hydrogen-bond acceptors (Lipinski definition) is 7. The van der Waals surface area contributed by atoms with E-state index < -0.39 is 5.60 Å². The molecule has 3 aromatic heterocycles. The standard InChI is InChI=1S/C30H39N7O4/c1-7-37(29(40)41-30(3,4)5)22-10-12-35(13-11-22)25-9-8-23(26-24(25)17-34(6)33-26)28(39)32-21-14-20(18-38)27-31-19(2)15-36(27)16-21/h8-9,14-17,22,38H,7,10-13,18H2,1-6H3,(H,32,39). The summed E-state index contributed by atoms with van der Waals surface area (Å²) < 4.78 is 9.17. The van der Waals surface area contributed by atoms with Crippen LogP contribution in [0.25, 0.3) is 16.6 Å². The van der Waals surface area contributed by atoms with Crippen LogP contribution in [0, 0.1) is 6.92 Å². The summed E-state index contributed by atoms with van der Waals surface area (Å²) in [5.41, 5.74) is 4.25. The minimum atomic E-state index is -0.530. The molecule has 1 fully saturated rings. The van der Waals surface area contributed by atoms with Crippen LogP contribution >= 0.6 is 0 Å². The molecule has 0 radical (unpaired) electrons. The number of fused-ring (bicyclic) bond motifs is 2. The maximum Gasteiger partial charge on any atom is 0.410 e. The predicted molar refractivity (Wildman–Crippen MR) is 158 cm³/mol. The normalized spacial score (nSPS) is 14.6. The Morgan fingerprint density at radius 2 is 1.90 bits per heavy atom. The fourth-order valence-electron chi connectivity index (χ4n) is 5.61. The zero-order chi connectivity index (χ0) is 29.5. The van der Waals surface area contributed by atoms with Crippen molar-refractivity contribution in [1.29, 1.82) is 0 Å². The van der Waals surface area contributed by atoms with E-state index in [9.17, 15) is 14.7 Å². The van der Waals surface area contributed by atoms with E-state index in [0.717, 1.165) is 42.7 Å². The minimum Gasteiger partial charge on any atom is -0.444 e. The number of rotatable bonds is 6. The van der Waals surface area contributed by atoms with Crippen molar-refractivity contribution in [3.8, 4) is 0 Å². The topological polar surface area (TPSA) is 117 Å². The fourth-order valence-corrected chi connectivity index (χ4v) is 5.61. The van der Waals surface area contributed by atoms with Gasteiger partial charge in [0.25, 0.3) is 5.91 Å². The van der Waals surface area contributed by atoms with E-state index in [-0.39, 0.29) is 24.6 Å². The Morgan fingerprint density at radius 1 is 1.17 bits per heavy atom. The number of amides is 2. The van der Waals surface area contributed by atoms with Crippen molar-refractivity contribution < 1.29 is 19.4 Å². The van der Waals surface area contributed by atoms with Gasteiger partial charge >= 0.3 is 6.09 Å². The zero-order valence-electron chi connectivity index (χ0n) is 24.6. The van der Waals surface area contributed by atoms with Gasteiger partial charge in [0.05, 0.1) is 23.6 Å². The number of aryl methyl sites for hydroxylation is 2. The number of aromatic nitrogens is 4. The van der Waals surface area contributed by atoms with Gasteiger partial charge in [0.1, 0.15) is 16.8 Å². The molecule has 4 heterocycles. The van der Waals surface area contributed by atoms with Crippen LogP contribution in [-0.2, 0) is 18.4 Å². The summed E-state index contributed by atoms with van der Waals surface area (Å²) in [6.07, 6.45) is 6.96. The van der Waals surface area contributed by atoms with E-state index in [4.69, 9.17) is 4.74 Å². The van der Waals surface area contributed by atoms with Crippen LogP contribution in [0.15, 0.2) is 36.8 Å². The summed E-state index contributed by atoms with van der Waals surface area (Å²) in [6, 6.07) is 5.65. The maximum absolute atomic E-state index is 13.5. The van der Waals surface area contributed by atoms with E-state index in [1.807, 2.05) is 75.5 Å². The fraction of sp³-hybridized carbons (Fsp3) is 0.467. The molecule has 1 aliphatic rings. The Labute approximate surface area is 239 Å². The molecule has 1 aliphatic heterocycles. The number of carbonyl (C=O) groups excluding carboxylic acids is 2. The average Bonchev–Trinajstić information content (AvgIpc) is 3.48. The van der Waals surface area contributed by atoms with Crippen molar-refractivity contribution in [2.45, 2.75) is 65.7 Å². The van der Waals surface area contributed by atoms with Crippen LogP contribution in [0.1, 0.15) is 62.2 Å². The molecule has 0 bridgehead atoms. The Balaban J connectivity index is 1.35. The van der Waals surface area contributed by atoms with E-state index in [1.54, 1.807) is 16.9 Å². The van der Waals surface area contributed by atoms with Gasteiger partial charge in [0, 0.05) is 68.0 Å². The highest BCUT2D eigenvalue weighted by Crippen LogP contribution is 2.32. The summed E-state index contributed by atoms with van der Waals surface area (Å²) in [5.74, 6) is -0.282. The van der Waals surface area contributed by atoms with Crippen LogP contribution in [0.5, 0.6) is 0 Å². The predicted octanol–water partition coefficient (Wildman–Crippen LogP) is 4.50. The minimum absolute atomic E-state index is 0.112. The molecule has 0 saturated carbocycles. The van der Waals surface area contributed by atoms with Crippen molar-refractivity contribution >= 4 is 39.9 Å². The molecule has 0 unspecified atom stereocenters. The first kappa shape index (κ1) is 28.4. The third-order valence-corrected chi connectivity index (χ3v) is 7.40. The third-order valence-electron chi connectivity index (χ3n) is 7.40.